The maximum absolute atomic E-state index is 9.22. The highest BCUT2D eigenvalue weighted by Crippen LogP contribution is 2.36. The van der Waals surface area contributed by atoms with Gasteiger partial charge in [-0.15, -0.1) is 0 Å². The predicted molar refractivity (Wildman–Crippen MR) is 95.3 cm³/mol. The summed E-state index contributed by atoms with van der Waals surface area (Å²) in [6, 6.07) is 7.73. The highest BCUT2D eigenvalue weighted by Gasteiger charge is 2.52. The van der Waals surface area contributed by atoms with Gasteiger partial charge in [-0.1, -0.05) is 6.07 Å². The van der Waals surface area contributed by atoms with Gasteiger partial charge in [0.2, 0.25) is 0 Å². The van der Waals surface area contributed by atoms with Crippen molar-refractivity contribution in [1.82, 2.24) is 0 Å². The van der Waals surface area contributed by atoms with Crippen molar-refractivity contribution in [2.75, 3.05) is 6.61 Å². The van der Waals surface area contributed by atoms with Gasteiger partial charge in [-0.2, -0.15) is 5.26 Å². The van der Waals surface area contributed by atoms with Crippen molar-refractivity contribution in [3.63, 3.8) is 0 Å². The summed E-state index contributed by atoms with van der Waals surface area (Å²) in [6.45, 7) is 9.24. The first-order valence-corrected chi connectivity index (χ1v) is 8.94. The summed E-state index contributed by atoms with van der Waals surface area (Å²) < 4.78 is 23.9. The van der Waals surface area contributed by atoms with Crippen LogP contribution in [0.1, 0.15) is 58.1 Å². The van der Waals surface area contributed by atoms with Gasteiger partial charge in [0.25, 0.3) is 0 Å². The van der Waals surface area contributed by atoms with E-state index in [2.05, 4.69) is 6.07 Å². The Hall–Kier alpha value is -1.39. The van der Waals surface area contributed by atoms with Crippen LogP contribution in [0, 0.1) is 11.3 Å². The molecule has 0 aliphatic carbocycles. The molecule has 134 valence electrons. The van der Waals surface area contributed by atoms with Crippen LogP contribution in [0.25, 0.3) is 0 Å². The van der Waals surface area contributed by atoms with Gasteiger partial charge in [0, 0.05) is 6.61 Å². The summed E-state index contributed by atoms with van der Waals surface area (Å²) >= 11 is 0. The average molecular weight is 343 g/mol. The smallest absolute Gasteiger partial charge is 0.399 e. The molecule has 0 amide bonds. The van der Waals surface area contributed by atoms with Crippen LogP contribution < -0.4 is 5.46 Å². The second-order valence-corrected chi connectivity index (χ2v) is 7.72. The van der Waals surface area contributed by atoms with Crippen molar-refractivity contribution in [3.8, 4) is 6.07 Å². The van der Waals surface area contributed by atoms with Gasteiger partial charge in [-0.05, 0) is 70.1 Å². The Labute approximate surface area is 150 Å². The minimum absolute atomic E-state index is 0.175. The lowest BCUT2D eigenvalue weighted by Crippen LogP contribution is -2.41. The van der Waals surface area contributed by atoms with E-state index in [1.807, 2.05) is 39.8 Å². The maximum atomic E-state index is 9.22. The Balaban J connectivity index is 1.80. The Morgan fingerprint density at radius 3 is 2.52 bits per heavy atom. The standard InChI is InChI=1S/C19H26BNO4/c1-18(2)19(3,4)25-20(24-18)16-9-8-14(12-21)11-15(16)13-23-17-7-5-6-10-22-17/h8-9,11,17H,5-7,10,13H2,1-4H3. The molecule has 5 nitrogen and oxygen atoms in total. The van der Waals surface area contributed by atoms with Crippen molar-refractivity contribution in [1.29, 1.82) is 5.26 Å². The van der Waals surface area contributed by atoms with Crippen LogP contribution in [-0.2, 0) is 25.4 Å². The molecule has 2 aliphatic rings. The van der Waals surface area contributed by atoms with Crippen LogP contribution in [0.15, 0.2) is 18.2 Å². The molecular weight excluding hydrogens is 317 g/mol. The summed E-state index contributed by atoms with van der Waals surface area (Å²) in [5.41, 5.74) is 1.61. The van der Waals surface area contributed by atoms with Gasteiger partial charge >= 0.3 is 7.12 Å². The van der Waals surface area contributed by atoms with Crippen LogP contribution in [0.2, 0.25) is 0 Å². The van der Waals surface area contributed by atoms with E-state index in [0.29, 0.717) is 12.2 Å². The summed E-state index contributed by atoms with van der Waals surface area (Å²) in [4.78, 5) is 0. The molecule has 0 aromatic heterocycles. The highest BCUT2D eigenvalue weighted by atomic mass is 16.7. The monoisotopic (exact) mass is 343 g/mol. The number of nitrogens with zero attached hydrogens (tertiary/aromatic N) is 1. The molecule has 1 atom stereocenters. The van der Waals surface area contributed by atoms with Gasteiger partial charge < -0.3 is 18.8 Å². The maximum Gasteiger partial charge on any atom is 0.495 e. The van der Waals surface area contributed by atoms with Crippen molar-refractivity contribution in [3.05, 3.63) is 29.3 Å². The molecule has 0 radical (unpaired) electrons. The van der Waals surface area contributed by atoms with E-state index in [0.717, 1.165) is 36.9 Å². The molecule has 2 aliphatic heterocycles. The second kappa shape index (κ2) is 7.09. The van der Waals surface area contributed by atoms with E-state index in [-0.39, 0.29) is 6.29 Å². The molecular formula is C19H26BNO4. The largest absolute Gasteiger partial charge is 0.495 e. The molecule has 3 rings (SSSR count). The van der Waals surface area contributed by atoms with Gasteiger partial charge in [-0.25, -0.2) is 0 Å². The van der Waals surface area contributed by atoms with Crippen LogP contribution in [-0.4, -0.2) is 31.2 Å². The third kappa shape index (κ3) is 3.90. The second-order valence-electron chi connectivity index (χ2n) is 7.72. The Morgan fingerprint density at radius 1 is 1.20 bits per heavy atom. The zero-order valence-corrected chi connectivity index (χ0v) is 15.5. The molecule has 6 heteroatoms. The topological polar surface area (TPSA) is 60.7 Å². The summed E-state index contributed by atoms with van der Waals surface area (Å²) in [6.07, 6.45) is 2.94. The molecule has 0 spiro atoms. The zero-order valence-electron chi connectivity index (χ0n) is 15.5. The summed E-state index contributed by atoms with van der Waals surface area (Å²) in [5, 5.41) is 9.22. The fourth-order valence-corrected chi connectivity index (χ4v) is 3.03. The number of rotatable bonds is 4. The zero-order chi connectivity index (χ0) is 18.1. The van der Waals surface area contributed by atoms with Gasteiger partial charge in [0.05, 0.1) is 29.4 Å². The summed E-state index contributed by atoms with van der Waals surface area (Å²) in [7, 11) is -0.469. The minimum Gasteiger partial charge on any atom is -0.399 e. The molecule has 1 aromatic carbocycles. The highest BCUT2D eigenvalue weighted by molar-refractivity contribution is 6.62. The lowest BCUT2D eigenvalue weighted by molar-refractivity contribution is -0.168. The van der Waals surface area contributed by atoms with Gasteiger partial charge in [-0.3, -0.25) is 0 Å². The first-order chi connectivity index (χ1) is 11.8. The Morgan fingerprint density at radius 2 is 1.92 bits per heavy atom. The first kappa shape index (κ1) is 18.4. The van der Waals surface area contributed by atoms with E-state index in [9.17, 15) is 5.26 Å². The first-order valence-electron chi connectivity index (χ1n) is 8.94. The van der Waals surface area contributed by atoms with E-state index in [1.54, 1.807) is 6.07 Å². The van der Waals surface area contributed by atoms with Crippen molar-refractivity contribution >= 4 is 12.6 Å². The van der Waals surface area contributed by atoms with Crippen molar-refractivity contribution in [2.45, 2.75) is 71.1 Å². The van der Waals surface area contributed by atoms with E-state index < -0.39 is 18.3 Å². The third-order valence-corrected chi connectivity index (χ3v) is 5.34. The fraction of sp³-hybridized carbons (Fsp3) is 0.632. The minimum atomic E-state index is -0.469. The predicted octanol–water partition coefficient (Wildman–Crippen LogP) is 2.90. The quantitative estimate of drug-likeness (QED) is 0.787. The van der Waals surface area contributed by atoms with E-state index in [4.69, 9.17) is 18.8 Å². The number of hydrogen-bond donors (Lipinski definition) is 0. The van der Waals surface area contributed by atoms with Crippen LogP contribution >= 0.6 is 0 Å². The molecule has 0 N–H and O–H groups in total. The SMILES string of the molecule is CC1(C)OB(c2ccc(C#N)cc2COC2CCCCO2)OC1(C)C. The normalized spacial score (nSPS) is 24.9. The number of hydrogen-bond acceptors (Lipinski definition) is 5. The van der Waals surface area contributed by atoms with Crippen LogP contribution in [0.4, 0.5) is 0 Å². The van der Waals surface area contributed by atoms with E-state index in [1.165, 1.54) is 0 Å². The fourth-order valence-electron chi connectivity index (χ4n) is 3.03. The van der Waals surface area contributed by atoms with Gasteiger partial charge in [0.1, 0.15) is 0 Å². The molecule has 25 heavy (non-hydrogen) atoms. The molecule has 2 saturated heterocycles. The molecule has 0 bridgehead atoms. The average Bonchev–Trinajstić information content (AvgIpc) is 2.81. The van der Waals surface area contributed by atoms with Crippen molar-refractivity contribution < 1.29 is 18.8 Å². The number of ether oxygens (including phenoxy) is 2. The summed E-state index contributed by atoms with van der Waals surface area (Å²) in [5.74, 6) is 0. The third-order valence-electron chi connectivity index (χ3n) is 5.34. The molecule has 2 heterocycles. The van der Waals surface area contributed by atoms with E-state index >= 15 is 0 Å². The van der Waals surface area contributed by atoms with Gasteiger partial charge in [0.15, 0.2) is 6.29 Å². The lowest BCUT2D eigenvalue weighted by atomic mass is 9.75. The Bertz CT molecular complexity index is 646. The molecule has 1 aromatic rings. The number of benzene rings is 1. The molecule has 1 unspecified atom stereocenters. The lowest BCUT2D eigenvalue weighted by Gasteiger charge is -2.32. The van der Waals surface area contributed by atoms with Crippen LogP contribution in [0.5, 0.6) is 0 Å². The Kier molecular flexibility index (Phi) is 5.22. The molecule has 2 fully saturated rings. The van der Waals surface area contributed by atoms with Crippen molar-refractivity contribution in [2.24, 2.45) is 0 Å². The molecule has 0 saturated carbocycles. The van der Waals surface area contributed by atoms with Crippen LogP contribution in [0.3, 0.4) is 0 Å². The number of nitriles is 1.